The van der Waals surface area contributed by atoms with Crippen molar-refractivity contribution < 1.29 is 0 Å². The van der Waals surface area contributed by atoms with Gasteiger partial charge in [-0.1, -0.05) is 49.1 Å². The van der Waals surface area contributed by atoms with Crippen molar-refractivity contribution in [3.63, 3.8) is 0 Å². The molecule has 1 saturated heterocycles. The summed E-state index contributed by atoms with van der Waals surface area (Å²) in [6.07, 6.45) is 7.17. The summed E-state index contributed by atoms with van der Waals surface area (Å²) in [5, 5.41) is 3.65. The first-order valence-corrected chi connectivity index (χ1v) is 7.07. The lowest BCUT2D eigenvalue weighted by Gasteiger charge is -2.38. The molecule has 1 nitrogen and oxygen atoms in total. The van der Waals surface area contributed by atoms with Gasteiger partial charge in [-0.15, -0.1) is 0 Å². The first kappa shape index (κ1) is 11.3. The molecule has 1 heteroatoms. The van der Waals surface area contributed by atoms with Gasteiger partial charge >= 0.3 is 0 Å². The van der Waals surface area contributed by atoms with E-state index in [-0.39, 0.29) is 0 Å². The van der Waals surface area contributed by atoms with Crippen molar-refractivity contribution in [2.75, 3.05) is 13.1 Å². The minimum atomic E-state index is 0.577. The predicted octanol–water partition coefficient (Wildman–Crippen LogP) is 3.63. The molecule has 17 heavy (non-hydrogen) atoms. The van der Waals surface area contributed by atoms with E-state index < -0.39 is 0 Å². The van der Waals surface area contributed by atoms with E-state index in [1.807, 2.05) is 0 Å². The normalized spacial score (nSPS) is 27.5. The number of nitrogens with one attached hydrogen (secondary N) is 1. The van der Waals surface area contributed by atoms with E-state index in [0.29, 0.717) is 5.41 Å². The van der Waals surface area contributed by atoms with E-state index in [0.717, 1.165) is 5.92 Å². The largest absolute Gasteiger partial charge is 0.316 e. The Kier molecular flexibility index (Phi) is 2.96. The summed E-state index contributed by atoms with van der Waals surface area (Å²) < 4.78 is 0. The quantitative estimate of drug-likeness (QED) is 0.775. The molecule has 1 aliphatic carbocycles. The van der Waals surface area contributed by atoms with Crippen molar-refractivity contribution in [3.05, 3.63) is 35.4 Å². The molecule has 1 spiro atoms. The highest BCUT2D eigenvalue weighted by atomic mass is 14.9. The molecule has 1 aliphatic heterocycles. The molecule has 2 aliphatic rings. The first-order chi connectivity index (χ1) is 8.30. The molecule has 0 aromatic heterocycles. The van der Waals surface area contributed by atoms with Gasteiger partial charge in [0.1, 0.15) is 0 Å². The van der Waals surface area contributed by atoms with Gasteiger partial charge in [-0.05, 0) is 30.7 Å². The smallest absolute Gasteiger partial charge is 0.00320 e. The Morgan fingerprint density at radius 1 is 1.06 bits per heavy atom. The first-order valence-electron chi connectivity index (χ1n) is 7.07. The summed E-state index contributed by atoms with van der Waals surface area (Å²) in [5.41, 5.74) is 3.51. The molecule has 1 saturated carbocycles. The predicted molar refractivity (Wildman–Crippen MR) is 72.3 cm³/mol. The molecule has 2 fully saturated rings. The van der Waals surface area contributed by atoms with Gasteiger partial charge in [0, 0.05) is 19.0 Å². The van der Waals surface area contributed by atoms with Crippen LogP contribution in [0.4, 0.5) is 0 Å². The highest BCUT2D eigenvalue weighted by Crippen LogP contribution is 2.49. The number of benzene rings is 1. The third kappa shape index (κ3) is 2.01. The lowest BCUT2D eigenvalue weighted by atomic mass is 9.66. The molecular formula is C16H23N. The van der Waals surface area contributed by atoms with Crippen molar-refractivity contribution in [1.82, 2.24) is 5.32 Å². The van der Waals surface area contributed by atoms with Crippen molar-refractivity contribution in [2.45, 2.75) is 44.9 Å². The van der Waals surface area contributed by atoms with Crippen LogP contribution in [0.25, 0.3) is 0 Å². The van der Waals surface area contributed by atoms with Crippen LogP contribution in [0.15, 0.2) is 24.3 Å². The average Bonchev–Trinajstić information content (AvgIpc) is 2.75. The van der Waals surface area contributed by atoms with Crippen molar-refractivity contribution in [1.29, 1.82) is 0 Å². The third-order valence-electron chi connectivity index (χ3n) is 4.89. The van der Waals surface area contributed by atoms with Crippen molar-refractivity contribution in [3.8, 4) is 0 Å². The Balaban J connectivity index is 1.88. The minimum absolute atomic E-state index is 0.577. The Labute approximate surface area is 105 Å². The molecule has 1 N–H and O–H groups in total. The number of rotatable bonds is 1. The van der Waals surface area contributed by atoms with Gasteiger partial charge in [-0.2, -0.15) is 0 Å². The molecule has 1 aromatic carbocycles. The second kappa shape index (κ2) is 4.45. The fourth-order valence-electron chi connectivity index (χ4n) is 3.86. The van der Waals surface area contributed by atoms with Crippen LogP contribution in [0.1, 0.15) is 49.1 Å². The van der Waals surface area contributed by atoms with E-state index >= 15 is 0 Å². The van der Waals surface area contributed by atoms with Crippen LogP contribution in [-0.2, 0) is 0 Å². The Hall–Kier alpha value is -0.820. The molecule has 1 atom stereocenters. The van der Waals surface area contributed by atoms with Gasteiger partial charge in [0.15, 0.2) is 0 Å². The van der Waals surface area contributed by atoms with Gasteiger partial charge < -0.3 is 5.32 Å². The molecule has 1 unspecified atom stereocenters. The Morgan fingerprint density at radius 3 is 2.47 bits per heavy atom. The maximum atomic E-state index is 3.65. The summed E-state index contributed by atoms with van der Waals surface area (Å²) in [6, 6.07) is 9.24. The monoisotopic (exact) mass is 229 g/mol. The van der Waals surface area contributed by atoms with Gasteiger partial charge in [-0.3, -0.25) is 0 Å². The molecule has 0 amide bonds. The maximum Gasteiger partial charge on any atom is 0.00320 e. The Morgan fingerprint density at radius 2 is 1.76 bits per heavy atom. The standard InChI is InChI=1S/C16H23N/c1-13-5-7-14(8-6-13)15-11-17-12-16(15)9-3-2-4-10-16/h5-8,15,17H,2-4,9-12H2,1H3. The zero-order chi connectivity index (χ0) is 11.7. The molecule has 0 radical (unpaired) electrons. The van der Waals surface area contributed by atoms with E-state index in [9.17, 15) is 0 Å². The summed E-state index contributed by atoms with van der Waals surface area (Å²) >= 11 is 0. The van der Waals surface area contributed by atoms with Crippen LogP contribution in [0, 0.1) is 12.3 Å². The van der Waals surface area contributed by atoms with E-state index in [2.05, 4.69) is 36.5 Å². The summed E-state index contributed by atoms with van der Waals surface area (Å²) in [4.78, 5) is 0. The van der Waals surface area contributed by atoms with Gasteiger partial charge in [-0.25, -0.2) is 0 Å². The molecule has 0 bridgehead atoms. The molecular weight excluding hydrogens is 206 g/mol. The number of aryl methyl sites for hydroxylation is 1. The summed E-state index contributed by atoms with van der Waals surface area (Å²) in [6.45, 7) is 4.60. The van der Waals surface area contributed by atoms with Gasteiger partial charge in [0.2, 0.25) is 0 Å². The molecule has 92 valence electrons. The zero-order valence-electron chi connectivity index (χ0n) is 10.8. The SMILES string of the molecule is Cc1ccc(C2CNCC23CCCCC3)cc1. The number of hydrogen-bond acceptors (Lipinski definition) is 1. The van der Waals surface area contributed by atoms with E-state index in [1.165, 1.54) is 50.8 Å². The number of hydrogen-bond donors (Lipinski definition) is 1. The molecule has 3 rings (SSSR count). The summed E-state index contributed by atoms with van der Waals surface area (Å²) in [5.74, 6) is 0.753. The second-order valence-electron chi connectivity index (χ2n) is 6.02. The lowest BCUT2D eigenvalue weighted by molar-refractivity contribution is 0.189. The van der Waals surface area contributed by atoms with Crippen LogP contribution in [0.3, 0.4) is 0 Å². The fourth-order valence-corrected chi connectivity index (χ4v) is 3.86. The van der Waals surface area contributed by atoms with Gasteiger partial charge in [0.25, 0.3) is 0 Å². The fraction of sp³-hybridized carbons (Fsp3) is 0.625. The van der Waals surface area contributed by atoms with Crippen LogP contribution in [0.5, 0.6) is 0 Å². The third-order valence-corrected chi connectivity index (χ3v) is 4.89. The van der Waals surface area contributed by atoms with E-state index in [1.54, 1.807) is 5.56 Å². The zero-order valence-corrected chi connectivity index (χ0v) is 10.8. The summed E-state index contributed by atoms with van der Waals surface area (Å²) in [7, 11) is 0. The maximum absolute atomic E-state index is 3.65. The van der Waals surface area contributed by atoms with Crippen molar-refractivity contribution >= 4 is 0 Å². The molecule has 1 aromatic rings. The highest BCUT2D eigenvalue weighted by molar-refractivity contribution is 5.28. The van der Waals surface area contributed by atoms with E-state index in [4.69, 9.17) is 0 Å². The Bertz CT molecular complexity index is 373. The van der Waals surface area contributed by atoms with Gasteiger partial charge in [0.05, 0.1) is 0 Å². The van der Waals surface area contributed by atoms with Crippen LogP contribution in [-0.4, -0.2) is 13.1 Å². The van der Waals surface area contributed by atoms with Crippen LogP contribution in [0.2, 0.25) is 0 Å². The minimum Gasteiger partial charge on any atom is -0.316 e. The lowest BCUT2D eigenvalue weighted by Crippen LogP contribution is -2.31. The second-order valence-corrected chi connectivity index (χ2v) is 6.02. The van der Waals surface area contributed by atoms with Crippen molar-refractivity contribution in [2.24, 2.45) is 5.41 Å². The van der Waals surface area contributed by atoms with Crippen LogP contribution < -0.4 is 5.32 Å². The molecule has 1 heterocycles. The average molecular weight is 229 g/mol. The topological polar surface area (TPSA) is 12.0 Å². The van der Waals surface area contributed by atoms with Crippen LogP contribution >= 0.6 is 0 Å². The highest BCUT2D eigenvalue weighted by Gasteiger charge is 2.43.